The minimum absolute atomic E-state index is 0.133. The SMILES string of the molecule is C=C/C=C(\C=C(/C)Oc1ccc(C)cn1)CP(=O)(OC)OC. The van der Waals surface area contributed by atoms with E-state index in [9.17, 15) is 4.57 Å². The van der Waals surface area contributed by atoms with Crippen LogP contribution in [-0.4, -0.2) is 25.4 Å². The summed E-state index contributed by atoms with van der Waals surface area (Å²) in [6.07, 6.45) is 6.97. The van der Waals surface area contributed by atoms with E-state index in [0.717, 1.165) is 11.1 Å². The molecule has 0 N–H and O–H groups in total. The molecular formula is C16H22NO4P. The van der Waals surface area contributed by atoms with Crippen LogP contribution in [0.4, 0.5) is 0 Å². The Morgan fingerprint density at radius 3 is 2.55 bits per heavy atom. The molecule has 0 aliphatic carbocycles. The largest absolute Gasteiger partial charge is 0.444 e. The van der Waals surface area contributed by atoms with Crippen LogP contribution in [0.25, 0.3) is 0 Å². The first kappa shape index (κ1) is 18.4. The molecule has 0 aromatic carbocycles. The molecule has 120 valence electrons. The van der Waals surface area contributed by atoms with Crippen molar-refractivity contribution >= 4 is 7.60 Å². The molecule has 1 heterocycles. The van der Waals surface area contributed by atoms with Gasteiger partial charge < -0.3 is 13.8 Å². The van der Waals surface area contributed by atoms with Gasteiger partial charge in [0.15, 0.2) is 0 Å². The van der Waals surface area contributed by atoms with Crippen LogP contribution in [0, 0.1) is 6.92 Å². The zero-order valence-corrected chi connectivity index (χ0v) is 14.3. The number of ether oxygens (including phenoxy) is 1. The smallest absolute Gasteiger partial charge is 0.334 e. The highest BCUT2D eigenvalue weighted by atomic mass is 31.2. The number of hydrogen-bond acceptors (Lipinski definition) is 5. The van der Waals surface area contributed by atoms with Gasteiger partial charge in [-0.3, -0.25) is 4.57 Å². The summed E-state index contributed by atoms with van der Waals surface area (Å²) < 4.78 is 27.7. The predicted molar refractivity (Wildman–Crippen MR) is 88.1 cm³/mol. The minimum Gasteiger partial charge on any atom is -0.444 e. The lowest BCUT2D eigenvalue weighted by Gasteiger charge is -2.14. The van der Waals surface area contributed by atoms with Gasteiger partial charge in [-0.1, -0.05) is 24.8 Å². The number of aromatic nitrogens is 1. The average molecular weight is 323 g/mol. The van der Waals surface area contributed by atoms with Crippen molar-refractivity contribution in [3.8, 4) is 5.88 Å². The van der Waals surface area contributed by atoms with Gasteiger partial charge in [0.1, 0.15) is 5.76 Å². The number of nitrogens with zero attached hydrogens (tertiary/aromatic N) is 1. The maximum absolute atomic E-state index is 12.2. The van der Waals surface area contributed by atoms with E-state index in [4.69, 9.17) is 13.8 Å². The molecule has 1 aromatic rings. The second kappa shape index (κ2) is 8.69. The van der Waals surface area contributed by atoms with Crippen LogP contribution >= 0.6 is 7.60 Å². The van der Waals surface area contributed by atoms with Crippen LogP contribution in [0.1, 0.15) is 12.5 Å². The normalized spacial score (nSPS) is 13.1. The Morgan fingerprint density at radius 1 is 1.36 bits per heavy atom. The molecule has 0 amide bonds. The summed E-state index contributed by atoms with van der Waals surface area (Å²) in [6.45, 7) is 7.40. The molecule has 0 saturated carbocycles. The fraction of sp³-hybridized carbons (Fsp3) is 0.312. The van der Waals surface area contributed by atoms with Crippen LogP contribution < -0.4 is 4.74 Å². The van der Waals surface area contributed by atoms with E-state index >= 15 is 0 Å². The lowest BCUT2D eigenvalue weighted by Crippen LogP contribution is -1.99. The second-order valence-corrected chi connectivity index (χ2v) is 6.91. The first-order valence-electron chi connectivity index (χ1n) is 6.73. The number of hydrogen-bond donors (Lipinski definition) is 0. The van der Waals surface area contributed by atoms with E-state index in [2.05, 4.69) is 11.6 Å². The van der Waals surface area contributed by atoms with Gasteiger partial charge in [0.2, 0.25) is 5.88 Å². The summed E-state index contributed by atoms with van der Waals surface area (Å²) >= 11 is 0. The number of allylic oxidation sites excluding steroid dienone is 5. The standard InChI is InChI=1S/C16H22NO4P/c1-6-7-15(12-22(18,19-4)20-5)10-14(3)21-16-9-8-13(2)11-17-16/h6-11H,1,12H2,2-5H3/b14-10+,15-7+. The Kier molecular flexibility index (Phi) is 7.25. The average Bonchev–Trinajstić information content (AvgIpc) is 2.49. The monoisotopic (exact) mass is 323 g/mol. The molecule has 0 unspecified atom stereocenters. The second-order valence-electron chi connectivity index (χ2n) is 4.64. The third-order valence-corrected chi connectivity index (χ3v) is 4.67. The van der Waals surface area contributed by atoms with Crippen LogP contribution in [0.5, 0.6) is 5.88 Å². The number of rotatable bonds is 8. The third kappa shape index (κ3) is 5.98. The molecule has 0 fully saturated rings. The fourth-order valence-electron chi connectivity index (χ4n) is 1.70. The van der Waals surface area contributed by atoms with E-state index in [0.29, 0.717) is 11.6 Å². The molecule has 0 spiro atoms. The molecule has 0 saturated heterocycles. The van der Waals surface area contributed by atoms with Gasteiger partial charge in [0.05, 0.1) is 6.16 Å². The van der Waals surface area contributed by atoms with Gasteiger partial charge in [0, 0.05) is 26.5 Å². The van der Waals surface area contributed by atoms with Crippen molar-refractivity contribution in [1.82, 2.24) is 4.98 Å². The molecule has 5 nitrogen and oxygen atoms in total. The molecule has 0 aliphatic rings. The van der Waals surface area contributed by atoms with Crippen molar-refractivity contribution in [1.29, 1.82) is 0 Å². The predicted octanol–water partition coefficient (Wildman–Crippen LogP) is 4.27. The van der Waals surface area contributed by atoms with Gasteiger partial charge in [-0.05, 0) is 31.1 Å². The van der Waals surface area contributed by atoms with Gasteiger partial charge in [-0.25, -0.2) is 4.98 Å². The van der Waals surface area contributed by atoms with Gasteiger partial charge in [-0.15, -0.1) is 0 Å². The van der Waals surface area contributed by atoms with Crippen molar-refractivity contribution in [3.63, 3.8) is 0 Å². The summed E-state index contributed by atoms with van der Waals surface area (Å²) in [5.41, 5.74) is 1.79. The molecule has 0 aliphatic heterocycles. The van der Waals surface area contributed by atoms with Gasteiger partial charge in [-0.2, -0.15) is 0 Å². The Balaban J connectivity index is 2.88. The lowest BCUT2D eigenvalue weighted by atomic mass is 10.2. The number of pyridine rings is 1. The summed E-state index contributed by atoms with van der Waals surface area (Å²) in [5.74, 6) is 1.11. The first-order chi connectivity index (χ1) is 10.4. The zero-order chi connectivity index (χ0) is 16.6. The van der Waals surface area contributed by atoms with E-state index in [1.807, 2.05) is 13.0 Å². The van der Waals surface area contributed by atoms with Crippen molar-refractivity contribution in [2.75, 3.05) is 20.4 Å². The zero-order valence-electron chi connectivity index (χ0n) is 13.4. The highest BCUT2D eigenvalue weighted by Crippen LogP contribution is 2.48. The fourth-order valence-corrected chi connectivity index (χ4v) is 2.75. The first-order valence-corrected chi connectivity index (χ1v) is 8.46. The van der Waals surface area contributed by atoms with Crippen molar-refractivity contribution in [2.45, 2.75) is 13.8 Å². The van der Waals surface area contributed by atoms with Gasteiger partial charge >= 0.3 is 7.60 Å². The van der Waals surface area contributed by atoms with E-state index < -0.39 is 7.60 Å². The maximum atomic E-state index is 12.2. The van der Waals surface area contributed by atoms with Crippen LogP contribution in [0.15, 0.2) is 54.5 Å². The summed E-state index contributed by atoms with van der Waals surface area (Å²) in [6, 6.07) is 3.71. The molecule has 0 radical (unpaired) electrons. The van der Waals surface area contributed by atoms with E-state index in [1.54, 1.807) is 37.4 Å². The van der Waals surface area contributed by atoms with Crippen molar-refractivity contribution in [3.05, 3.63) is 60.0 Å². The van der Waals surface area contributed by atoms with Crippen LogP contribution in [-0.2, 0) is 13.6 Å². The Hall–Kier alpha value is -1.68. The molecule has 1 aromatic heterocycles. The maximum Gasteiger partial charge on any atom is 0.334 e. The molecule has 1 rings (SSSR count). The van der Waals surface area contributed by atoms with Crippen molar-refractivity contribution in [2.24, 2.45) is 0 Å². The molecule has 22 heavy (non-hydrogen) atoms. The highest BCUT2D eigenvalue weighted by Gasteiger charge is 2.22. The highest BCUT2D eigenvalue weighted by molar-refractivity contribution is 7.54. The third-order valence-electron chi connectivity index (χ3n) is 2.80. The van der Waals surface area contributed by atoms with E-state index in [1.165, 1.54) is 14.2 Å². The van der Waals surface area contributed by atoms with Gasteiger partial charge in [0.25, 0.3) is 0 Å². The van der Waals surface area contributed by atoms with E-state index in [-0.39, 0.29) is 6.16 Å². The molecular weight excluding hydrogens is 301 g/mol. The summed E-state index contributed by atoms with van der Waals surface area (Å²) in [4.78, 5) is 4.17. The quantitative estimate of drug-likeness (QED) is 0.406. The molecule has 0 bridgehead atoms. The summed E-state index contributed by atoms with van der Waals surface area (Å²) in [7, 11) is -0.424. The summed E-state index contributed by atoms with van der Waals surface area (Å²) in [5, 5.41) is 0. The lowest BCUT2D eigenvalue weighted by molar-refractivity contribution is 0.278. The minimum atomic E-state index is -3.14. The molecule has 6 heteroatoms. The molecule has 0 atom stereocenters. The number of aryl methyl sites for hydroxylation is 1. The van der Waals surface area contributed by atoms with Crippen molar-refractivity contribution < 1.29 is 18.3 Å². The Morgan fingerprint density at radius 2 is 2.05 bits per heavy atom. The van der Waals surface area contributed by atoms with Crippen LogP contribution in [0.2, 0.25) is 0 Å². The topological polar surface area (TPSA) is 57.7 Å². The Bertz CT molecular complexity index is 597. The van der Waals surface area contributed by atoms with Crippen LogP contribution in [0.3, 0.4) is 0 Å². The Labute approximate surface area is 131 Å².